The molecule has 2 heterocycles. The average Bonchev–Trinajstić information content (AvgIpc) is 3.04. The summed E-state index contributed by atoms with van der Waals surface area (Å²) in [6, 6.07) is 18.5. The van der Waals surface area contributed by atoms with Crippen LogP contribution in [0.1, 0.15) is 36.7 Å². The van der Waals surface area contributed by atoms with Crippen molar-refractivity contribution in [1.82, 2.24) is 14.6 Å². The molecule has 4 rings (SSSR count). The second kappa shape index (κ2) is 8.26. The molecule has 0 aliphatic carbocycles. The summed E-state index contributed by atoms with van der Waals surface area (Å²) in [7, 11) is 0. The van der Waals surface area contributed by atoms with Crippen LogP contribution in [0.25, 0.3) is 16.8 Å². The van der Waals surface area contributed by atoms with E-state index < -0.39 is 0 Å². The molecule has 2 aromatic heterocycles. The molecule has 0 fully saturated rings. The van der Waals surface area contributed by atoms with Crippen molar-refractivity contribution in [1.29, 1.82) is 0 Å². The Balaban J connectivity index is 1.72. The van der Waals surface area contributed by atoms with Gasteiger partial charge in [-0.25, -0.2) is 4.98 Å². The third kappa shape index (κ3) is 4.13. The minimum atomic E-state index is 0.719. The van der Waals surface area contributed by atoms with Crippen molar-refractivity contribution in [3.8, 4) is 11.1 Å². The smallest absolute Gasteiger partial charge is 0.165 e. The number of aromatic nitrogens is 3. The van der Waals surface area contributed by atoms with Crippen molar-refractivity contribution < 1.29 is 0 Å². The number of halogens is 1. The number of nitrogens with one attached hydrogen (secondary N) is 1. The summed E-state index contributed by atoms with van der Waals surface area (Å²) in [4.78, 5) is 4.77. The van der Waals surface area contributed by atoms with Crippen molar-refractivity contribution in [2.75, 3.05) is 5.32 Å². The summed E-state index contributed by atoms with van der Waals surface area (Å²) >= 11 is 6.06. The van der Waals surface area contributed by atoms with Gasteiger partial charge >= 0.3 is 0 Å². The number of benzene rings is 2. The molecule has 0 unspecified atom stereocenters. The summed E-state index contributed by atoms with van der Waals surface area (Å²) in [6.45, 7) is 6.24. The van der Waals surface area contributed by atoms with Crippen LogP contribution >= 0.6 is 11.6 Å². The normalized spacial score (nSPS) is 11.2. The standard InChI is InChI=1S/C24H25ClN4/c1-4-5-6-18-7-13-21(14-8-18)27-22-15-16(2)26-24-23(17(3)28-29(22)24)19-9-11-20(25)12-10-19/h7-15,27H,4-6H2,1-3H3. The van der Waals surface area contributed by atoms with E-state index in [1.165, 1.54) is 18.4 Å². The first-order chi connectivity index (χ1) is 14.0. The van der Waals surface area contributed by atoms with Gasteiger partial charge in [0, 0.05) is 28.0 Å². The predicted octanol–water partition coefficient (Wildman–Crippen LogP) is 6.75. The molecule has 4 nitrogen and oxygen atoms in total. The molecule has 0 amide bonds. The Morgan fingerprint density at radius 3 is 2.41 bits per heavy atom. The Morgan fingerprint density at radius 1 is 1.00 bits per heavy atom. The summed E-state index contributed by atoms with van der Waals surface area (Å²) < 4.78 is 1.89. The highest BCUT2D eigenvalue weighted by Crippen LogP contribution is 2.31. The molecule has 0 atom stereocenters. The van der Waals surface area contributed by atoms with Gasteiger partial charge in [0.15, 0.2) is 5.65 Å². The number of anilines is 2. The van der Waals surface area contributed by atoms with Crippen LogP contribution in [0, 0.1) is 13.8 Å². The average molecular weight is 405 g/mol. The Labute approximate surface area is 176 Å². The fourth-order valence-corrected chi connectivity index (χ4v) is 3.70. The third-order valence-electron chi connectivity index (χ3n) is 5.07. The van der Waals surface area contributed by atoms with E-state index in [2.05, 4.69) is 36.5 Å². The van der Waals surface area contributed by atoms with Crippen LogP contribution in [0.4, 0.5) is 11.5 Å². The highest BCUT2D eigenvalue weighted by Gasteiger charge is 2.16. The van der Waals surface area contributed by atoms with Gasteiger partial charge in [-0.1, -0.05) is 49.2 Å². The van der Waals surface area contributed by atoms with Gasteiger partial charge in [-0.3, -0.25) is 0 Å². The van der Waals surface area contributed by atoms with E-state index in [-0.39, 0.29) is 0 Å². The van der Waals surface area contributed by atoms with E-state index in [1.807, 2.05) is 48.7 Å². The van der Waals surface area contributed by atoms with Gasteiger partial charge in [-0.05, 0) is 62.1 Å². The molecule has 0 saturated carbocycles. The van der Waals surface area contributed by atoms with Gasteiger partial charge in [-0.2, -0.15) is 9.61 Å². The number of unbranched alkanes of at least 4 members (excludes halogenated alkanes) is 1. The number of fused-ring (bicyclic) bond motifs is 1. The van der Waals surface area contributed by atoms with Gasteiger partial charge in [-0.15, -0.1) is 0 Å². The van der Waals surface area contributed by atoms with Crippen molar-refractivity contribution in [3.63, 3.8) is 0 Å². The van der Waals surface area contributed by atoms with Gasteiger partial charge < -0.3 is 5.32 Å². The Kier molecular flexibility index (Phi) is 5.54. The zero-order chi connectivity index (χ0) is 20.4. The van der Waals surface area contributed by atoms with Gasteiger partial charge in [0.05, 0.1) is 5.69 Å². The van der Waals surface area contributed by atoms with Gasteiger partial charge in [0.25, 0.3) is 0 Å². The highest BCUT2D eigenvalue weighted by atomic mass is 35.5. The van der Waals surface area contributed by atoms with Crippen molar-refractivity contribution >= 4 is 28.8 Å². The van der Waals surface area contributed by atoms with Crippen LogP contribution in [0.15, 0.2) is 54.6 Å². The first kappa shape index (κ1) is 19.5. The van der Waals surface area contributed by atoms with Crippen molar-refractivity contribution in [2.24, 2.45) is 0 Å². The maximum absolute atomic E-state index is 6.06. The number of rotatable bonds is 6. The van der Waals surface area contributed by atoms with E-state index >= 15 is 0 Å². The lowest BCUT2D eigenvalue weighted by Crippen LogP contribution is -2.02. The van der Waals surface area contributed by atoms with Crippen LogP contribution in [-0.4, -0.2) is 14.6 Å². The molecule has 0 radical (unpaired) electrons. The van der Waals surface area contributed by atoms with Gasteiger partial charge in [0.2, 0.25) is 0 Å². The van der Waals surface area contributed by atoms with Crippen LogP contribution in [-0.2, 0) is 6.42 Å². The number of nitrogens with zero attached hydrogens (tertiary/aromatic N) is 3. The Bertz CT molecular complexity index is 1130. The minimum absolute atomic E-state index is 0.719. The minimum Gasteiger partial charge on any atom is -0.340 e. The fourth-order valence-electron chi connectivity index (χ4n) is 3.57. The lowest BCUT2D eigenvalue weighted by Gasteiger charge is -2.10. The lowest BCUT2D eigenvalue weighted by molar-refractivity contribution is 0.795. The predicted molar refractivity (Wildman–Crippen MR) is 121 cm³/mol. The van der Waals surface area contributed by atoms with Crippen LogP contribution < -0.4 is 5.32 Å². The molecular weight excluding hydrogens is 380 g/mol. The number of aryl methyl sites for hydroxylation is 3. The summed E-state index contributed by atoms with van der Waals surface area (Å²) in [5, 5.41) is 9.00. The third-order valence-corrected chi connectivity index (χ3v) is 5.32. The largest absolute Gasteiger partial charge is 0.340 e. The first-order valence-electron chi connectivity index (χ1n) is 10.0. The number of hydrogen-bond donors (Lipinski definition) is 1. The molecule has 0 spiro atoms. The molecule has 0 aliphatic heterocycles. The quantitative estimate of drug-likeness (QED) is 0.386. The second-order valence-corrected chi connectivity index (χ2v) is 7.85. The Hall–Kier alpha value is -2.85. The van der Waals surface area contributed by atoms with E-state index in [4.69, 9.17) is 21.7 Å². The maximum atomic E-state index is 6.06. The topological polar surface area (TPSA) is 42.2 Å². The van der Waals surface area contributed by atoms with Crippen LogP contribution in [0.5, 0.6) is 0 Å². The molecule has 1 N–H and O–H groups in total. The summed E-state index contributed by atoms with van der Waals surface area (Å²) in [5.74, 6) is 0.900. The fraction of sp³-hybridized carbons (Fsp3) is 0.250. The zero-order valence-electron chi connectivity index (χ0n) is 17.0. The highest BCUT2D eigenvalue weighted by molar-refractivity contribution is 6.30. The van der Waals surface area contributed by atoms with Crippen molar-refractivity contribution in [2.45, 2.75) is 40.0 Å². The van der Waals surface area contributed by atoms with E-state index in [0.717, 1.165) is 51.1 Å². The molecule has 29 heavy (non-hydrogen) atoms. The second-order valence-electron chi connectivity index (χ2n) is 7.41. The Morgan fingerprint density at radius 2 is 1.72 bits per heavy atom. The molecular formula is C24H25ClN4. The SMILES string of the molecule is CCCCc1ccc(Nc2cc(C)nc3c(-c4ccc(Cl)cc4)c(C)nn23)cc1. The summed E-state index contributed by atoms with van der Waals surface area (Å²) in [6.07, 6.45) is 3.55. The molecule has 4 aromatic rings. The monoisotopic (exact) mass is 404 g/mol. The number of hydrogen-bond acceptors (Lipinski definition) is 3. The van der Waals surface area contributed by atoms with Gasteiger partial charge in [0.1, 0.15) is 5.82 Å². The maximum Gasteiger partial charge on any atom is 0.165 e. The van der Waals surface area contributed by atoms with E-state index in [1.54, 1.807) is 0 Å². The van der Waals surface area contributed by atoms with E-state index in [9.17, 15) is 0 Å². The summed E-state index contributed by atoms with van der Waals surface area (Å²) in [5.41, 5.74) is 7.21. The molecule has 148 valence electrons. The molecule has 2 aromatic carbocycles. The van der Waals surface area contributed by atoms with E-state index in [0.29, 0.717) is 0 Å². The van der Waals surface area contributed by atoms with Crippen LogP contribution in [0.2, 0.25) is 5.02 Å². The first-order valence-corrected chi connectivity index (χ1v) is 10.4. The molecule has 5 heteroatoms. The molecule has 0 bridgehead atoms. The van der Waals surface area contributed by atoms with Crippen LogP contribution in [0.3, 0.4) is 0 Å². The molecule has 0 saturated heterocycles. The zero-order valence-corrected chi connectivity index (χ0v) is 17.8. The lowest BCUT2D eigenvalue weighted by atomic mass is 10.1. The molecule has 0 aliphatic rings. The van der Waals surface area contributed by atoms with Crippen molar-refractivity contribution in [3.05, 3.63) is 76.6 Å².